The molecule has 0 bridgehead atoms. The Morgan fingerprint density at radius 2 is 1.58 bits per heavy atom. The van der Waals surface area contributed by atoms with E-state index in [0.717, 1.165) is 24.5 Å². The minimum atomic E-state index is -1.57. The molecule has 196 valence electrons. The average molecular weight is 538 g/mol. The van der Waals surface area contributed by atoms with E-state index in [1.54, 1.807) is 18.2 Å². The Balaban J connectivity index is 1.76. The van der Waals surface area contributed by atoms with Crippen molar-refractivity contribution in [1.82, 2.24) is 0 Å². The summed E-state index contributed by atoms with van der Waals surface area (Å²) in [6.07, 6.45) is 1.20. The number of aromatic hydroxyl groups is 1. The zero-order valence-electron chi connectivity index (χ0n) is 20.4. The van der Waals surface area contributed by atoms with Crippen molar-refractivity contribution in [2.24, 2.45) is 5.92 Å². The maximum Gasteiger partial charge on any atom is 0.340 e. The molecule has 1 amide bonds. The molecular formula is C28H24ClNO8. The molecule has 0 spiro atoms. The van der Waals surface area contributed by atoms with Gasteiger partial charge in [0, 0.05) is 10.6 Å². The molecular weight excluding hydrogens is 514 g/mol. The van der Waals surface area contributed by atoms with E-state index in [2.05, 4.69) is 5.32 Å². The second-order valence-electron chi connectivity index (χ2n) is 9.33. The molecule has 0 saturated heterocycles. The molecule has 4 rings (SSSR count). The highest BCUT2D eigenvalue weighted by Gasteiger charge is 2.30. The molecule has 1 saturated carbocycles. The van der Waals surface area contributed by atoms with Crippen molar-refractivity contribution in [1.29, 1.82) is 0 Å². The Kier molecular flexibility index (Phi) is 7.41. The number of hydrogen-bond donors (Lipinski definition) is 4. The molecule has 3 aromatic carbocycles. The topological polar surface area (TPSA) is 150 Å². The van der Waals surface area contributed by atoms with Crippen LogP contribution in [0.5, 0.6) is 5.75 Å². The fourth-order valence-corrected chi connectivity index (χ4v) is 4.65. The summed E-state index contributed by atoms with van der Waals surface area (Å²) >= 11 is 6.42. The quantitative estimate of drug-likeness (QED) is 0.283. The maximum absolute atomic E-state index is 13.2. The number of hydrogen-bond acceptors (Lipinski definition) is 6. The smallest absolute Gasteiger partial charge is 0.340 e. The van der Waals surface area contributed by atoms with Gasteiger partial charge in [-0.2, -0.15) is 0 Å². The number of phenols is 1. The molecule has 0 unspecified atom stereocenters. The van der Waals surface area contributed by atoms with Gasteiger partial charge in [0.1, 0.15) is 17.4 Å². The predicted octanol–water partition coefficient (Wildman–Crippen LogP) is 5.63. The molecule has 0 heterocycles. The van der Waals surface area contributed by atoms with Gasteiger partial charge in [0.25, 0.3) is 5.91 Å². The number of esters is 1. The average Bonchev–Trinajstić information content (AvgIpc) is 2.82. The molecule has 0 aromatic heterocycles. The molecule has 1 fully saturated rings. The van der Waals surface area contributed by atoms with Gasteiger partial charge in [0.2, 0.25) is 0 Å². The number of amides is 1. The van der Waals surface area contributed by atoms with Crippen LogP contribution >= 0.6 is 11.6 Å². The number of carboxylic acid groups (broad SMARTS) is 2. The van der Waals surface area contributed by atoms with Gasteiger partial charge < -0.3 is 25.4 Å². The molecule has 1 aliphatic rings. The summed E-state index contributed by atoms with van der Waals surface area (Å²) in [5.74, 6) is -5.12. The third-order valence-corrected chi connectivity index (χ3v) is 6.68. The Hall–Kier alpha value is -4.37. The van der Waals surface area contributed by atoms with E-state index in [0.29, 0.717) is 28.1 Å². The number of aromatic carboxylic acids is 2. The lowest BCUT2D eigenvalue weighted by Crippen LogP contribution is -2.32. The van der Waals surface area contributed by atoms with Gasteiger partial charge >= 0.3 is 17.9 Å². The van der Waals surface area contributed by atoms with Crippen LogP contribution in [-0.4, -0.2) is 45.2 Å². The van der Waals surface area contributed by atoms with Crippen molar-refractivity contribution in [3.05, 3.63) is 81.4 Å². The van der Waals surface area contributed by atoms with Crippen LogP contribution in [0.15, 0.2) is 48.5 Å². The Morgan fingerprint density at radius 3 is 2.18 bits per heavy atom. The molecule has 0 aliphatic heterocycles. The summed E-state index contributed by atoms with van der Waals surface area (Å²) in [7, 11) is 0. The first-order valence-corrected chi connectivity index (χ1v) is 12.1. The van der Waals surface area contributed by atoms with E-state index in [4.69, 9.17) is 16.3 Å². The van der Waals surface area contributed by atoms with Crippen LogP contribution in [0.2, 0.25) is 5.02 Å². The number of nitrogens with one attached hydrogen (secondary N) is 1. The Morgan fingerprint density at radius 1 is 0.895 bits per heavy atom. The fourth-order valence-electron chi connectivity index (χ4n) is 4.30. The number of benzene rings is 3. The summed E-state index contributed by atoms with van der Waals surface area (Å²) in [6.45, 7) is 3.92. The van der Waals surface area contributed by atoms with Gasteiger partial charge in [-0.1, -0.05) is 36.7 Å². The lowest BCUT2D eigenvalue weighted by molar-refractivity contribution is -0.00725. The molecule has 4 N–H and O–H groups in total. The minimum Gasteiger partial charge on any atom is -0.507 e. The highest BCUT2D eigenvalue weighted by Crippen LogP contribution is 2.34. The maximum atomic E-state index is 13.2. The van der Waals surface area contributed by atoms with Crippen molar-refractivity contribution in [3.8, 4) is 16.9 Å². The van der Waals surface area contributed by atoms with E-state index >= 15 is 0 Å². The van der Waals surface area contributed by atoms with Crippen LogP contribution in [0.1, 0.15) is 66.8 Å². The lowest BCUT2D eigenvalue weighted by Gasteiger charge is -2.32. The number of ether oxygens (including phenoxy) is 1. The zero-order valence-corrected chi connectivity index (χ0v) is 21.2. The van der Waals surface area contributed by atoms with E-state index in [-0.39, 0.29) is 17.4 Å². The third kappa shape index (κ3) is 5.47. The van der Waals surface area contributed by atoms with Crippen LogP contribution < -0.4 is 5.32 Å². The number of aryl methyl sites for hydroxylation is 1. The van der Waals surface area contributed by atoms with Crippen molar-refractivity contribution in [3.63, 3.8) is 0 Å². The molecule has 10 heteroatoms. The van der Waals surface area contributed by atoms with Crippen LogP contribution in [-0.2, 0) is 4.74 Å². The molecule has 1 aliphatic carbocycles. The predicted molar refractivity (Wildman–Crippen MR) is 139 cm³/mol. The Labute approximate surface area is 222 Å². The number of halogens is 1. The number of anilines is 1. The fraction of sp³-hybridized carbons (Fsp3) is 0.214. The standard InChI is InChI=1S/C28H24ClNO8/c1-13-3-5-17(22(29)9-13)15-4-6-18(28(37)38-16-7-14(2)8-16)23(10-15)30-25(32)19-12-24(31)21(27(35)36)11-20(19)26(33)34/h3-6,9-12,14,16,31H,7-8H2,1-2H3,(H,30,32)(H,33,34)(H,35,36). The van der Waals surface area contributed by atoms with E-state index in [1.807, 2.05) is 19.9 Å². The Bertz CT molecular complexity index is 1480. The summed E-state index contributed by atoms with van der Waals surface area (Å²) < 4.78 is 5.56. The lowest BCUT2D eigenvalue weighted by atomic mass is 9.84. The second-order valence-corrected chi connectivity index (χ2v) is 9.73. The van der Waals surface area contributed by atoms with Gasteiger partial charge in [0.15, 0.2) is 0 Å². The van der Waals surface area contributed by atoms with Crippen molar-refractivity contribution in [2.45, 2.75) is 32.8 Å². The van der Waals surface area contributed by atoms with Crippen LogP contribution in [0.3, 0.4) is 0 Å². The van der Waals surface area contributed by atoms with Gasteiger partial charge in [-0.15, -0.1) is 0 Å². The molecule has 9 nitrogen and oxygen atoms in total. The minimum absolute atomic E-state index is 0.0275. The van der Waals surface area contributed by atoms with Crippen LogP contribution in [0.4, 0.5) is 5.69 Å². The summed E-state index contributed by atoms with van der Waals surface area (Å²) in [6, 6.07) is 11.5. The molecule has 3 aromatic rings. The second kappa shape index (κ2) is 10.5. The van der Waals surface area contributed by atoms with Gasteiger partial charge in [0.05, 0.1) is 22.4 Å². The molecule has 0 radical (unpaired) electrons. The van der Waals surface area contributed by atoms with Crippen molar-refractivity contribution < 1.29 is 39.2 Å². The summed E-state index contributed by atoms with van der Waals surface area (Å²) in [5.41, 5.74) is 0.403. The monoisotopic (exact) mass is 537 g/mol. The van der Waals surface area contributed by atoms with Crippen LogP contribution in [0.25, 0.3) is 11.1 Å². The van der Waals surface area contributed by atoms with Gasteiger partial charge in [-0.05, 0) is 67.1 Å². The van der Waals surface area contributed by atoms with Gasteiger partial charge in [-0.25, -0.2) is 14.4 Å². The third-order valence-electron chi connectivity index (χ3n) is 6.37. The summed E-state index contributed by atoms with van der Waals surface area (Å²) in [5, 5.41) is 31.9. The number of carboxylic acids is 2. The van der Waals surface area contributed by atoms with Crippen molar-refractivity contribution in [2.75, 3.05) is 5.32 Å². The van der Waals surface area contributed by atoms with E-state index in [1.165, 1.54) is 12.1 Å². The first kappa shape index (κ1) is 26.7. The van der Waals surface area contributed by atoms with Crippen LogP contribution in [0, 0.1) is 12.8 Å². The molecule has 0 atom stereocenters. The summed E-state index contributed by atoms with van der Waals surface area (Å²) in [4.78, 5) is 49.4. The highest BCUT2D eigenvalue weighted by atomic mass is 35.5. The first-order chi connectivity index (χ1) is 17.9. The van der Waals surface area contributed by atoms with E-state index in [9.17, 15) is 34.5 Å². The highest BCUT2D eigenvalue weighted by molar-refractivity contribution is 6.33. The van der Waals surface area contributed by atoms with Crippen molar-refractivity contribution >= 4 is 41.1 Å². The normalized spacial score (nSPS) is 16.3. The molecule has 38 heavy (non-hydrogen) atoms. The first-order valence-electron chi connectivity index (χ1n) is 11.7. The SMILES string of the molecule is Cc1ccc(-c2ccc(C(=O)OC3CC(C)C3)c(NC(=O)c3cc(O)c(C(=O)O)cc3C(=O)O)c2)c(Cl)c1. The largest absolute Gasteiger partial charge is 0.507 e. The number of carbonyl (C=O) groups is 4. The zero-order chi connectivity index (χ0) is 27.7. The number of carbonyl (C=O) groups excluding carboxylic acids is 2. The van der Waals surface area contributed by atoms with E-state index < -0.39 is 46.3 Å². The number of rotatable bonds is 7. The van der Waals surface area contributed by atoms with Gasteiger partial charge in [-0.3, -0.25) is 4.79 Å².